The van der Waals surface area contributed by atoms with E-state index >= 15 is 0 Å². The lowest BCUT2D eigenvalue weighted by Crippen LogP contribution is -2.41. The normalized spacial score (nSPS) is 15.7. The minimum atomic E-state index is -3.40. The van der Waals surface area contributed by atoms with E-state index in [9.17, 15) is 13.2 Å². The van der Waals surface area contributed by atoms with E-state index in [4.69, 9.17) is 11.6 Å². The monoisotopic (exact) mass is 407 g/mol. The number of hydrogen-bond acceptors (Lipinski definition) is 4. The molecule has 1 saturated heterocycles. The van der Waals surface area contributed by atoms with Crippen molar-refractivity contribution in [3.63, 3.8) is 0 Å². The quantitative estimate of drug-likeness (QED) is 0.798. The van der Waals surface area contributed by atoms with Crippen LogP contribution in [0.25, 0.3) is 0 Å². The standard InChI is InChI=1S/C19H22ClN3O3S/c20-18-3-1-16(2-4-18)14-27(25,26)22-13-15-7-11-23(12-8-15)19(24)17-5-9-21-10-6-17/h1-6,9-10,15,22H,7-8,11-14H2. The second kappa shape index (κ2) is 8.82. The van der Waals surface area contributed by atoms with E-state index in [2.05, 4.69) is 9.71 Å². The lowest BCUT2D eigenvalue weighted by atomic mass is 9.97. The molecule has 27 heavy (non-hydrogen) atoms. The molecule has 0 radical (unpaired) electrons. The zero-order chi connectivity index (χ0) is 19.3. The highest BCUT2D eigenvalue weighted by atomic mass is 35.5. The van der Waals surface area contributed by atoms with Crippen LogP contribution in [-0.4, -0.2) is 43.8 Å². The average molecular weight is 408 g/mol. The van der Waals surface area contributed by atoms with Crippen molar-refractivity contribution in [2.75, 3.05) is 19.6 Å². The first-order valence-electron chi connectivity index (χ1n) is 8.84. The second-order valence-corrected chi connectivity index (χ2v) is 8.95. The number of likely N-dealkylation sites (tertiary alicyclic amines) is 1. The van der Waals surface area contributed by atoms with Gasteiger partial charge in [0.25, 0.3) is 5.91 Å². The van der Waals surface area contributed by atoms with Crippen molar-refractivity contribution in [2.24, 2.45) is 5.92 Å². The second-order valence-electron chi connectivity index (χ2n) is 6.71. The van der Waals surface area contributed by atoms with Crippen molar-refractivity contribution in [1.82, 2.24) is 14.6 Å². The maximum atomic E-state index is 12.4. The van der Waals surface area contributed by atoms with Crippen LogP contribution in [0.15, 0.2) is 48.8 Å². The van der Waals surface area contributed by atoms with Crippen LogP contribution in [0.5, 0.6) is 0 Å². The summed E-state index contributed by atoms with van der Waals surface area (Å²) < 4.78 is 27.2. The van der Waals surface area contributed by atoms with Gasteiger partial charge in [0.1, 0.15) is 0 Å². The summed E-state index contributed by atoms with van der Waals surface area (Å²) >= 11 is 5.82. The molecular weight excluding hydrogens is 386 g/mol. The zero-order valence-corrected chi connectivity index (χ0v) is 16.4. The Bertz CT molecular complexity index is 865. The summed E-state index contributed by atoms with van der Waals surface area (Å²) in [6, 6.07) is 10.2. The highest BCUT2D eigenvalue weighted by Gasteiger charge is 2.24. The summed E-state index contributed by atoms with van der Waals surface area (Å²) in [5.74, 6) is 0.162. The molecule has 1 aromatic carbocycles. The molecule has 2 heterocycles. The van der Waals surface area contributed by atoms with Crippen molar-refractivity contribution < 1.29 is 13.2 Å². The highest BCUT2D eigenvalue weighted by molar-refractivity contribution is 7.88. The van der Waals surface area contributed by atoms with Crippen LogP contribution in [0.3, 0.4) is 0 Å². The number of carbonyl (C=O) groups excluding carboxylic acids is 1. The van der Waals surface area contributed by atoms with Gasteiger partial charge in [-0.05, 0) is 48.6 Å². The van der Waals surface area contributed by atoms with Crippen molar-refractivity contribution in [2.45, 2.75) is 18.6 Å². The van der Waals surface area contributed by atoms with Gasteiger partial charge in [-0.3, -0.25) is 9.78 Å². The molecule has 0 bridgehead atoms. The predicted molar refractivity (Wildman–Crippen MR) is 105 cm³/mol. The van der Waals surface area contributed by atoms with Gasteiger partial charge >= 0.3 is 0 Å². The fourth-order valence-corrected chi connectivity index (χ4v) is 4.46. The predicted octanol–water partition coefficient (Wildman–Crippen LogP) is 2.71. The number of halogens is 1. The topological polar surface area (TPSA) is 79.4 Å². The molecule has 0 aliphatic carbocycles. The molecule has 0 unspecified atom stereocenters. The summed E-state index contributed by atoms with van der Waals surface area (Å²) in [7, 11) is -3.40. The lowest BCUT2D eigenvalue weighted by Gasteiger charge is -2.32. The first-order valence-corrected chi connectivity index (χ1v) is 10.9. The molecule has 0 saturated carbocycles. The van der Waals surface area contributed by atoms with E-state index in [1.807, 2.05) is 4.90 Å². The molecule has 1 fully saturated rings. The van der Waals surface area contributed by atoms with E-state index in [0.717, 1.165) is 12.8 Å². The maximum absolute atomic E-state index is 12.4. The van der Waals surface area contributed by atoms with Gasteiger partial charge < -0.3 is 4.90 Å². The first-order chi connectivity index (χ1) is 12.9. The van der Waals surface area contributed by atoms with Gasteiger partial charge in [-0.15, -0.1) is 0 Å². The molecule has 1 aliphatic rings. The van der Waals surface area contributed by atoms with Crippen molar-refractivity contribution in [3.8, 4) is 0 Å². The summed E-state index contributed by atoms with van der Waals surface area (Å²) in [6.45, 7) is 1.66. The number of nitrogens with one attached hydrogen (secondary N) is 1. The largest absolute Gasteiger partial charge is 0.339 e. The molecule has 6 nitrogen and oxygen atoms in total. The van der Waals surface area contributed by atoms with Crippen LogP contribution in [-0.2, 0) is 15.8 Å². The summed E-state index contributed by atoms with van der Waals surface area (Å²) in [5.41, 5.74) is 1.33. The number of pyridine rings is 1. The van der Waals surface area contributed by atoms with Gasteiger partial charge in [0, 0.05) is 42.6 Å². The molecule has 1 aromatic heterocycles. The summed E-state index contributed by atoms with van der Waals surface area (Å²) in [5, 5.41) is 0.581. The van der Waals surface area contributed by atoms with Gasteiger partial charge in [-0.1, -0.05) is 23.7 Å². The van der Waals surface area contributed by atoms with Crippen LogP contribution in [0.1, 0.15) is 28.8 Å². The smallest absolute Gasteiger partial charge is 0.253 e. The molecule has 1 aliphatic heterocycles. The van der Waals surface area contributed by atoms with Crippen LogP contribution in [0.2, 0.25) is 5.02 Å². The number of aromatic nitrogens is 1. The highest BCUT2D eigenvalue weighted by Crippen LogP contribution is 2.19. The molecule has 0 spiro atoms. The summed E-state index contributed by atoms with van der Waals surface area (Å²) in [4.78, 5) is 18.2. The van der Waals surface area contributed by atoms with E-state index < -0.39 is 10.0 Å². The number of piperidine rings is 1. The molecule has 1 N–H and O–H groups in total. The van der Waals surface area contributed by atoms with Crippen molar-refractivity contribution in [3.05, 3.63) is 64.9 Å². The average Bonchev–Trinajstić information content (AvgIpc) is 2.69. The molecule has 3 rings (SSSR count). The minimum absolute atomic E-state index is 0.000769. The number of nitrogens with zero attached hydrogens (tertiary/aromatic N) is 2. The maximum Gasteiger partial charge on any atom is 0.253 e. The van der Waals surface area contributed by atoms with E-state index in [-0.39, 0.29) is 17.6 Å². The Morgan fingerprint density at radius 1 is 1.11 bits per heavy atom. The van der Waals surface area contributed by atoms with Crippen LogP contribution >= 0.6 is 11.6 Å². The Morgan fingerprint density at radius 2 is 1.74 bits per heavy atom. The van der Waals surface area contributed by atoms with Crippen LogP contribution in [0, 0.1) is 5.92 Å². The Kier molecular flexibility index (Phi) is 6.46. The number of carbonyl (C=O) groups is 1. The Balaban J connectivity index is 1.46. The number of rotatable bonds is 6. The third-order valence-electron chi connectivity index (χ3n) is 4.69. The molecule has 8 heteroatoms. The summed E-state index contributed by atoms with van der Waals surface area (Å²) in [6.07, 6.45) is 4.77. The first kappa shape index (κ1) is 19.8. The van der Waals surface area contributed by atoms with Crippen LogP contribution in [0.4, 0.5) is 0 Å². The number of sulfonamides is 1. The number of hydrogen-bond donors (Lipinski definition) is 1. The fraction of sp³-hybridized carbons (Fsp3) is 0.368. The van der Waals surface area contributed by atoms with E-state index in [1.165, 1.54) is 0 Å². The van der Waals surface area contributed by atoms with E-state index in [0.29, 0.717) is 35.8 Å². The fourth-order valence-electron chi connectivity index (χ4n) is 3.11. The number of amides is 1. The molecule has 1 amide bonds. The van der Waals surface area contributed by atoms with Crippen LogP contribution < -0.4 is 4.72 Å². The van der Waals surface area contributed by atoms with Gasteiger partial charge in [0.2, 0.25) is 10.0 Å². The Morgan fingerprint density at radius 3 is 2.37 bits per heavy atom. The van der Waals surface area contributed by atoms with Crippen molar-refractivity contribution in [1.29, 1.82) is 0 Å². The Hall–Kier alpha value is -1.96. The molecule has 0 atom stereocenters. The van der Waals surface area contributed by atoms with E-state index in [1.54, 1.807) is 48.8 Å². The SMILES string of the molecule is O=C(c1ccncc1)N1CCC(CNS(=O)(=O)Cc2ccc(Cl)cc2)CC1. The Labute approximate surface area is 164 Å². The lowest BCUT2D eigenvalue weighted by molar-refractivity contribution is 0.0692. The molecule has 2 aromatic rings. The van der Waals surface area contributed by atoms with Gasteiger partial charge in [-0.25, -0.2) is 13.1 Å². The van der Waals surface area contributed by atoms with Gasteiger partial charge in [0.15, 0.2) is 0 Å². The molecular formula is C19H22ClN3O3S. The number of benzene rings is 1. The van der Waals surface area contributed by atoms with Gasteiger partial charge in [-0.2, -0.15) is 0 Å². The minimum Gasteiger partial charge on any atom is -0.339 e. The van der Waals surface area contributed by atoms with Crippen molar-refractivity contribution >= 4 is 27.5 Å². The molecule has 144 valence electrons. The third kappa shape index (κ3) is 5.76. The van der Waals surface area contributed by atoms with Gasteiger partial charge in [0.05, 0.1) is 5.75 Å². The zero-order valence-electron chi connectivity index (χ0n) is 14.8. The third-order valence-corrected chi connectivity index (χ3v) is 6.26.